The number of hydrazine groups is 1. The zero-order valence-corrected chi connectivity index (χ0v) is 15.4. The van der Waals surface area contributed by atoms with Crippen LogP contribution in [0.1, 0.15) is 12.5 Å². The van der Waals surface area contributed by atoms with Gasteiger partial charge in [-0.3, -0.25) is 15.6 Å². The molecule has 0 aliphatic rings. The molecule has 0 radical (unpaired) electrons. The summed E-state index contributed by atoms with van der Waals surface area (Å²) < 4.78 is 1.11. The molecular formula is C17H16ClN3OS2. The highest BCUT2D eigenvalue weighted by Crippen LogP contribution is 2.26. The minimum absolute atomic E-state index is 0.108. The summed E-state index contributed by atoms with van der Waals surface area (Å²) in [4.78, 5) is 17.4. The van der Waals surface area contributed by atoms with Crippen LogP contribution in [0.4, 0.5) is 5.13 Å². The van der Waals surface area contributed by atoms with Crippen molar-refractivity contribution < 1.29 is 4.79 Å². The summed E-state index contributed by atoms with van der Waals surface area (Å²) in [5, 5.41) is 1.37. The number of aromatic nitrogens is 1. The van der Waals surface area contributed by atoms with Gasteiger partial charge >= 0.3 is 0 Å². The van der Waals surface area contributed by atoms with Gasteiger partial charge in [-0.25, -0.2) is 4.98 Å². The third-order valence-electron chi connectivity index (χ3n) is 3.35. The number of rotatable bonds is 6. The Hall–Kier alpha value is -1.76. The van der Waals surface area contributed by atoms with Gasteiger partial charge in [0, 0.05) is 9.92 Å². The molecule has 1 aromatic heterocycles. The highest BCUT2D eigenvalue weighted by molar-refractivity contribution is 8.00. The van der Waals surface area contributed by atoms with E-state index >= 15 is 0 Å². The van der Waals surface area contributed by atoms with Gasteiger partial charge < -0.3 is 0 Å². The van der Waals surface area contributed by atoms with Crippen molar-refractivity contribution in [2.75, 3.05) is 11.2 Å². The molecule has 1 amide bonds. The van der Waals surface area contributed by atoms with Crippen molar-refractivity contribution in [2.45, 2.75) is 18.2 Å². The second kappa shape index (κ2) is 7.88. The smallest absolute Gasteiger partial charge is 0.248 e. The quantitative estimate of drug-likeness (QED) is 0.481. The van der Waals surface area contributed by atoms with Gasteiger partial charge in [-0.1, -0.05) is 35.9 Å². The molecule has 0 unspecified atom stereocenters. The third-order valence-corrected chi connectivity index (χ3v) is 5.55. The average Bonchev–Trinajstić information content (AvgIpc) is 3.01. The molecule has 3 rings (SSSR count). The van der Waals surface area contributed by atoms with E-state index in [1.165, 1.54) is 28.7 Å². The van der Waals surface area contributed by atoms with Crippen LogP contribution in [0.5, 0.6) is 0 Å². The number of benzene rings is 2. The maximum absolute atomic E-state index is 11.9. The van der Waals surface area contributed by atoms with Crippen LogP contribution >= 0.6 is 34.7 Å². The van der Waals surface area contributed by atoms with Gasteiger partial charge in [0.05, 0.1) is 16.0 Å². The molecule has 2 aromatic carbocycles. The van der Waals surface area contributed by atoms with Gasteiger partial charge in [-0.2, -0.15) is 0 Å². The van der Waals surface area contributed by atoms with Crippen molar-refractivity contribution in [3.63, 3.8) is 0 Å². The highest BCUT2D eigenvalue weighted by atomic mass is 35.5. The van der Waals surface area contributed by atoms with Crippen LogP contribution in [0.2, 0.25) is 5.02 Å². The Morgan fingerprint density at radius 2 is 2.04 bits per heavy atom. The second-order valence-electron chi connectivity index (χ2n) is 5.09. The van der Waals surface area contributed by atoms with Crippen LogP contribution in [0.25, 0.3) is 10.2 Å². The zero-order chi connectivity index (χ0) is 16.9. The molecule has 1 heterocycles. The summed E-state index contributed by atoms with van der Waals surface area (Å²) >= 11 is 8.82. The van der Waals surface area contributed by atoms with Gasteiger partial charge in [-0.05, 0) is 48.4 Å². The molecule has 0 aliphatic heterocycles. The SMILES string of the molecule is CCc1ccc2nc(NNC(=O)CSc3ccc(Cl)cc3)sc2c1. The van der Waals surface area contributed by atoms with E-state index in [-0.39, 0.29) is 5.91 Å². The molecule has 124 valence electrons. The number of anilines is 1. The topological polar surface area (TPSA) is 54.0 Å². The van der Waals surface area contributed by atoms with E-state index in [1.54, 1.807) is 0 Å². The van der Waals surface area contributed by atoms with Crippen molar-refractivity contribution in [1.82, 2.24) is 10.4 Å². The van der Waals surface area contributed by atoms with Crippen molar-refractivity contribution in [3.8, 4) is 0 Å². The fourth-order valence-corrected chi connectivity index (χ4v) is 3.79. The molecule has 24 heavy (non-hydrogen) atoms. The first kappa shape index (κ1) is 17.1. The predicted octanol–water partition coefficient (Wildman–Crippen LogP) is 4.75. The third kappa shape index (κ3) is 4.41. The summed E-state index contributed by atoms with van der Waals surface area (Å²) in [6, 6.07) is 13.6. The van der Waals surface area contributed by atoms with Crippen LogP contribution < -0.4 is 10.9 Å². The van der Waals surface area contributed by atoms with Crippen LogP contribution in [0.15, 0.2) is 47.4 Å². The molecule has 0 fully saturated rings. The van der Waals surface area contributed by atoms with E-state index in [1.807, 2.05) is 30.3 Å². The van der Waals surface area contributed by atoms with Crippen molar-refractivity contribution in [1.29, 1.82) is 0 Å². The number of nitrogens with one attached hydrogen (secondary N) is 2. The Balaban J connectivity index is 1.53. The first-order valence-corrected chi connectivity index (χ1v) is 9.65. The molecular weight excluding hydrogens is 362 g/mol. The summed E-state index contributed by atoms with van der Waals surface area (Å²) in [7, 11) is 0. The van der Waals surface area contributed by atoms with Crippen LogP contribution in [0, 0.1) is 0 Å². The fraction of sp³-hybridized carbons (Fsp3) is 0.176. The second-order valence-corrected chi connectivity index (χ2v) is 7.61. The summed E-state index contributed by atoms with van der Waals surface area (Å²) in [5.74, 6) is 0.211. The van der Waals surface area contributed by atoms with Gasteiger partial charge in [0.15, 0.2) is 0 Å². The van der Waals surface area contributed by atoms with Gasteiger partial charge in [0.1, 0.15) is 0 Å². The van der Waals surface area contributed by atoms with Crippen LogP contribution in [0.3, 0.4) is 0 Å². The number of aryl methyl sites for hydroxylation is 1. The van der Waals surface area contributed by atoms with Gasteiger partial charge in [-0.15, -0.1) is 11.8 Å². The minimum Gasteiger partial charge on any atom is -0.273 e. The van der Waals surface area contributed by atoms with E-state index in [2.05, 4.69) is 34.9 Å². The first-order valence-electron chi connectivity index (χ1n) is 7.46. The Morgan fingerprint density at radius 3 is 2.79 bits per heavy atom. The Labute approximate surface area is 153 Å². The Bertz CT molecular complexity index is 849. The molecule has 4 nitrogen and oxygen atoms in total. The number of hydrogen-bond acceptors (Lipinski definition) is 5. The molecule has 2 N–H and O–H groups in total. The highest BCUT2D eigenvalue weighted by Gasteiger charge is 2.07. The lowest BCUT2D eigenvalue weighted by molar-refractivity contribution is -0.118. The number of amides is 1. The lowest BCUT2D eigenvalue weighted by Crippen LogP contribution is -2.30. The average molecular weight is 378 g/mol. The summed E-state index contributed by atoms with van der Waals surface area (Å²) in [5.41, 5.74) is 7.79. The Morgan fingerprint density at radius 1 is 1.25 bits per heavy atom. The standard InChI is InChI=1S/C17H16ClN3OS2/c1-2-11-3-8-14-15(9-11)24-17(19-14)21-20-16(22)10-23-13-6-4-12(18)5-7-13/h3-9H,2,10H2,1H3,(H,19,21)(H,20,22). The molecule has 0 saturated heterocycles. The molecule has 0 spiro atoms. The van der Waals surface area contributed by atoms with E-state index in [4.69, 9.17) is 11.6 Å². The lowest BCUT2D eigenvalue weighted by atomic mass is 10.2. The van der Waals surface area contributed by atoms with Gasteiger partial charge in [0.2, 0.25) is 11.0 Å². The maximum Gasteiger partial charge on any atom is 0.248 e. The van der Waals surface area contributed by atoms with Crippen molar-refractivity contribution >= 4 is 56.0 Å². The van der Waals surface area contributed by atoms with E-state index in [9.17, 15) is 4.79 Å². The molecule has 3 aromatic rings. The van der Waals surface area contributed by atoms with E-state index in [0.29, 0.717) is 15.9 Å². The zero-order valence-electron chi connectivity index (χ0n) is 13.0. The van der Waals surface area contributed by atoms with E-state index < -0.39 is 0 Å². The molecule has 0 saturated carbocycles. The maximum atomic E-state index is 11.9. The van der Waals surface area contributed by atoms with E-state index in [0.717, 1.165) is 21.5 Å². The van der Waals surface area contributed by atoms with Crippen LogP contribution in [-0.2, 0) is 11.2 Å². The number of carbonyl (C=O) groups is 1. The summed E-state index contributed by atoms with van der Waals surface area (Å²) in [6.45, 7) is 2.12. The van der Waals surface area contributed by atoms with Gasteiger partial charge in [0.25, 0.3) is 0 Å². The summed E-state index contributed by atoms with van der Waals surface area (Å²) in [6.07, 6.45) is 0.995. The number of thiazole rings is 1. The largest absolute Gasteiger partial charge is 0.273 e. The molecule has 0 atom stereocenters. The van der Waals surface area contributed by atoms with Crippen molar-refractivity contribution in [3.05, 3.63) is 53.1 Å². The molecule has 0 bridgehead atoms. The number of halogens is 1. The van der Waals surface area contributed by atoms with Crippen molar-refractivity contribution in [2.24, 2.45) is 0 Å². The fourth-order valence-electron chi connectivity index (χ4n) is 2.08. The number of thioether (sulfide) groups is 1. The normalized spacial score (nSPS) is 10.8. The number of nitrogens with zero attached hydrogens (tertiary/aromatic N) is 1. The first-order chi connectivity index (χ1) is 11.6. The number of hydrogen-bond donors (Lipinski definition) is 2. The predicted molar refractivity (Wildman–Crippen MR) is 103 cm³/mol. The number of fused-ring (bicyclic) bond motifs is 1. The minimum atomic E-state index is -0.108. The van der Waals surface area contributed by atoms with Crippen LogP contribution in [-0.4, -0.2) is 16.6 Å². The monoisotopic (exact) mass is 377 g/mol. The number of carbonyl (C=O) groups excluding carboxylic acids is 1. The molecule has 7 heteroatoms. The lowest BCUT2D eigenvalue weighted by Gasteiger charge is -2.05. The Kier molecular flexibility index (Phi) is 5.60. The molecule has 0 aliphatic carbocycles.